The Morgan fingerprint density at radius 3 is 1.25 bits per heavy atom. The summed E-state index contributed by atoms with van der Waals surface area (Å²) in [5.41, 5.74) is 6.11. The third kappa shape index (κ3) is 12.0. The molecule has 0 bridgehead atoms. The molecule has 48 heavy (non-hydrogen) atoms. The predicted octanol–water partition coefficient (Wildman–Crippen LogP) is 8.00. The fraction of sp³-hybridized carbons (Fsp3) is 0.350. The van der Waals surface area contributed by atoms with Crippen LogP contribution >= 0.6 is 0 Å². The molecule has 0 spiro atoms. The summed E-state index contributed by atoms with van der Waals surface area (Å²) in [6, 6.07) is 32.5. The van der Waals surface area contributed by atoms with Gasteiger partial charge in [-0.25, -0.2) is 0 Å². The Morgan fingerprint density at radius 1 is 0.500 bits per heavy atom. The molecular weight excluding hydrogens is 604 g/mol. The third-order valence-corrected chi connectivity index (χ3v) is 7.87. The molecule has 0 amide bonds. The lowest BCUT2D eigenvalue weighted by atomic mass is 10.1. The van der Waals surface area contributed by atoms with Crippen molar-refractivity contribution in [1.82, 2.24) is 0 Å². The molecular formula is C40H44N2O6. The van der Waals surface area contributed by atoms with E-state index in [0.717, 1.165) is 97.2 Å². The molecule has 2 saturated heterocycles. The van der Waals surface area contributed by atoms with Gasteiger partial charge in [-0.05, 0) is 121 Å². The van der Waals surface area contributed by atoms with Crippen LogP contribution in [0.4, 0.5) is 11.4 Å². The number of benzene rings is 4. The zero-order chi connectivity index (χ0) is 32.6. The number of aliphatic imine (C=N–C) groups is 2. The van der Waals surface area contributed by atoms with Crippen molar-refractivity contribution in [3.8, 4) is 22.6 Å². The number of hydrogen-bond acceptors (Lipinski definition) is 8. The quantitative estimate of drug-likeness (QED) is 0.0517. The van der Waals surface area contributed by atoms with Crippen LogP contribution < -0.4 is 9.47 Å². The standard InChI is InChI=1S/C40H44N2O6/c1(21-43-27-39-29-47-39)3-23-45-37-17-5-31(6-18-37)25-41-35-13-9-33(10-14-35)34-11-15-36(16-12-34)42-26-32-7-19-38(20-8-32)46-24-4-2-22-44-28-40-30-48-40/h5-20,25-26,39-40H,1-4,21-24,27-30H2. The molecule has 0 aliphatic carbocycles. The van der Waals surface area contributed by atoms with Gasteiger partial charge in [0.25, 0.3) is 0 Å². The van der Waals surface area contributed by atoms with Crippen molar-refractivity contribution < 1.29 is 28.4 Å². The van der Waals surface area contributed by atoms with Crippen molar-refractivity contribution in [2.75, 3.05) is 52.9 Å². The van der Waals surface area contributed by atoms with Gasteiger partial charge in [0.05, 0.1) is 51.0 Å². The molecule has 4 aromatic carbocycles. The van der Waals surface area contributed by atoms with Crippen LogP contribution in [-0.4, -0.2) is 77.5 Å². The highest BCUT2D eigenvalue weighted by atomic mass is 16.6. The van der Waals surface area contributed by atoms with E-state index in [2.05, 4.69) is 34.3 Å². The van der Waals surface area contributed by atoms with Crippen molar-refractivity contribution >= 4 is 23.8 Å². The molecule has 4 aromatic rings. The summed E-state index contributed by atoms with van der Waals surface area (Å²) in [7, 11) is 0. The summed E-state index contributed by atoms with van der Waals surface area (Å²) in [6.07, 6.45) is 8.30. The van der Waals surface area contributed by atoms with E-state index in [-0.39, 0.29) is 0 Å². The van der Waals surface area contributed by atoms with Crippen LogP contribution in [0.5, 0.6) is 11.5 Å². The van der Waals surface area contributed by atoms with Crippen molar-refractivity contribution in [2.45, 2.75) is 37.9 Å². The lowest BCUT2D eigenvalue weighted by Gasteiger charge is -2.07. The molecule has 2 fully saturated rings. The number of unbranched alkanes of at least 4 members (excludes halogenated alkanes) is 2. The Hall–Kier alpha value is -4.34. The fourth-order valence-corrected chi connectivity index (χ4v) is 4.83. The number of rotatable bonds is 21. The smallest absolute Gasteiger partial charge is 0.119 e. The number of epoxide rings is 2. The second-order valence-corrected chi connectivity index (χ2v) is 11.9. The molecule has 0 aromatic heterocycles. The minimum Gasteiger partial charge on any atom is -0.494 e. The van der Waals surface area contributed by atoms with Crippen molar-refractivity contribution in [3.63, 3.8) is 0 Å². The molecule has 6 rings (SSSR count). The van der Waals surface area contributed by atoms with E-state index in [1.165, 1.54) is 0 Å². The predicted molar refractivity (Wildman–Crippen MR) is 190 cm³/mol. The topological polar surface area (TPSA) is 86.7 Å². The molecule has 2 atom stereocenters. The average molecular weight is 649 g/mol. The first kappa shape index (κ1) is 33.6. The van der Waals surface area contributed by atoms with E-state index in [1.54, 1.807) is 0 Å². The Bertz CT molecular complexity index is 1440. The Balaban J connectivity index is 0.885. The first-order valence-corrected chi connectivity index (χ1v) is 16.9. The van der Waals surface area contributed by atoms with Gasteiger partial charge in [-0.2, -0.15) is 0 Å². The second kappa shape index (κ2) is 18.3. The highest BCUT2D eigenvalue weighted by Gasteiger charge is 2.22. The highest BCUT2D eigenvalue weighted by Crippen LogP contribution is 2.25. The van der Waals surface area contributed by atoms with Crippen LogP contribution in [0.2, 0.25) is 0 Å². The Labute approximate surface area is 283 Å². The van der Waals surface area contributed by atoms with E-state index in [4.69, 9.17) is 28.4 Å². The first-order chi connectivity index (χ1) is 23.8. The molecule has 0 N–H and O–H groups in total. The lowest BCUT2D eigenvalue weighted by molar-refractivity contribution is 0.110. The van der Waals surface area contributed by atoms with Gasteiger partial charge < -0.3 is 28.4 Å². The van der Waals surface area contributed by atoms with Crippen LogP contribution in [0.15, 0.2) is 107 Å². The summed E-state index contributed by atoms with van der Waals surface area (Å²) in [5, 5.41) is 0. The third-order valence-electron chi connectivity index (χ3n) is 7.87. The molecule has 0 saturated carbocycles. The number of hydrogen-bond donors (Lipinski definition) is 0. The maximum atomic E-state index is 5.85. The van der Waals surface area contributed by atoms with Crippen LogP contribution in [0.1, 0.15) is 36.8 Å². The maximum absolute atomic E-state index is 5.85. The normalized spacial score (nSPS) is 16.8. The van der Waals surface area contributed by atoms with Crippen LogP contribution in [0, 0.1) is 0 Å². The van der Waals surface area contributed by atoms with Gasteiger partial charge in [0.15, 0.2) is 0 Å². The molecule has 0 radical (unpaired) electrons. The number of ether oxygens (including phenoxy) is 6. The molecule has 8 heteroatoms. The van der Waals surface area contributed by atoms with Crippen LogP contribution in [-0.2, 0) is 18.9 Å². The van der Waals surface area contributed by atoms with Gasteiger partial charge in [0, 0.05) is 25.6 Å². The minimum absolute atomic E-state index is 0.329. The van der Waals surface area contributed by atoms with E-state index < -0.39 is 0 Å². The van der Waals surface area contributed by atoms with E-state index in [1.807, 2.05) is 85.2 Å². The van der Waals surface area contributed by atoms with Crippen molar-refractivity contribution in [1.29, 1.82) is 0 Å². The number of nitrogens with zero attached hydrogens (tertiary/aromatic N) is 2. The van der Waals surface area contributed by atoms with Gasteiger partial charge in [0.2, 0.25) is 0 Å². The van der Waals surface area contributed by atoms with Gasteiger partial charge in [-0.3, -0.25) is 9.98 Å². The molecule has 2 unspecified atom stereocenters. The molecule has 2 aliphatic rings. The van der Waals surface area contributed by atoms with Gasteiger partial charge in [0.1, 0.15) is 23.7 Å². The van der Waals surface area contributed by atoms with E-state index in [9.17, 15) is 0 Å². The SMILES string of the molecule is C(=Nc1ccc(-c2ccc(N=Cc3ccc(OCCCCOCC4CO4)cc3)cc2)cc1)c1ccc(OCCCCOCC2CO2)cc1. The van der Waals surface area contributed by atoms with Crippen molar-refractivity contribution in [3.05, 3.63) is 108 Å². The Morgan fingerprint density at radius 2 is 0.875 bits per heavy atom. The second-order valence-electron chi connectivity index (χ2n) is 11.9. The van der Waals surface area contributed by atoms with Crippen molar-refractivity contribution in [2.24, 2.45) is 9.98 Å². The molecule has 2 aliphatic heterocycles. The van der Waals surface area contributed by atoms with Gasteiger partial charge >= 0.3 is 0 Å². The first-order valence-electron chi connectivity index (χ1n) is 16.9. The zero-order valence-corrected chi connectivity index (χ0v) is 27.4. The summed E-state index contributed by atoms with van der Waals surface area (Å²) < 4.78 is 33.1. The Kier molecular flexibility index (Phi) is 12.8. The highest BCUT2D eigenvalue weighted by molar-refractivity contribution is 5.83. The molecule has 250 valence electrons. The van der Waals surface area contributed by atoms with Crippen LogP contribution in [0.3, 0.4) is 0 Å². The lowest BCUT2D eigenvalue weighted by Crippen LogP contribution is -2.04. The minimum atomic E-state index is 0.329. The van der Waals surface area contributed by atoms with E-state index >= 15 is 0 Å². The molecule has 8 nitrogen and oxygen atoms in total. The van der Waals surface area contributed by atoms with Gasteiger partial charge in [-0.1, -0.05) is 24.3 Å². The largest absolute Gasteiger partial charge is 0.494 e. The monoisotopic (exact) mass is 648 g/mol. The maximum Gasteiger partial charge on any atom is 0.119 e. The molecule has 2 heterocycles. The fourth-order valence-electron chi connectivity index (χ4n) is 4.83. The summed E-state index contributed by atoms with van der Waals surface area (Å²) in [5.74, 6) is 1.73. The summed E-state index contributed by atoms with van der Waals surface area (Å²) in [4.78, 5) is 9.29. The zero-order valence-electron chi connectivity index (χ0n) is 27.4. The summed E-state index contributed by atoms with van der Waals surface area (Å²) >= 11 is 0. The summed E-state index contributed by atoms with van der Waals surface area (Å²) in [6.45, 7) is 5.97. The van der Waals surface area contributed by atoms with Gasteiger partial charge in [-0.15, -0.1) is 0 Å². The van der Waals surface area contributed by atoms with E-state index in [0.29, 0.717) is 38.6 Å². The average Bonchev–Trinajstić information content (AvgIpc) is 4.08. The van der Waals surface area contributed by atoms with Crippen LogP contribution in [0.25, 0.3) is 11.1 Å².